The number of rotatable bonds is 4. The van der Waals surface area contributed by atoms with Crippen LogP contribution in [0.15, 0.2) is 24.3 Å². The predicted molar refractivity (Wildman–Crippen MR) is 55.6 cm³/mol. The van der Waals surface area contributed by atoms with Gasteiger partial charge in [0.25, 0.3) is 0 Å². The van der Waals surface area contributed by atoms with Crippen LogP contribution in [0.3, 0.4) is 0 Å². The van der Waals surface area contributed by atoms with E-state index < -0.39 is 0 Å². The van der Waals surface area contributed by atoms with Crippen molar-refractivity contribution in [2.45, 2.75) is 19.4 Å². The molecule has 0 aliphatic carbocycles. The van der Waals surface area contributed by atoms with Gasteiger partial charge in [-0.1, -0.05) is 0 Å². The molecule has 1 aromatic carbocycles. The lowest BCUT2D eigenvalue weighted by atomic mass is 10.2. The molecule has 1 atom stereocenters. The van der Waals surface area contributed by atoms with Gasteiger partial charge in [0, 0.05) is 17.9 Å². The van der Waals surface area contributed by atoms with Crippen LogP contribution < -0.4 is 11.1 Å². The summed E-state index contributed by atoms with van der Waals surface area (Å²) in [5, 5.41) is 12.2. The van der Waals surface area contributed by atoms with Crippen molar-refractivity contribution in [3.63, 3.8) is 0 Å². The molecule has 0 saturated heterocycles. The second-order valence-electron chi connectivity index (χ2n) is 3.19. The van der Waals surface area contributed by atoms with E-state index in [1.165, 1.54) is 0 Å². The van der Waals surface area contributed by atoms with Crippen LogP contribution >= 0.6 is 0 Å². The smallest absolute Gasteiger partial charge is 0.0528 e. The molecule has 0 amide bonds. The molecule has 0 fully saturated rings. The molecule has 0 aliphatic heterocycles. The van der Waals surface area contributed by atoms with Crippen LogP contribution in [-0.2, 0) is 0 Å². The summed E-state index contributed by atoms with van der Waals surface area (Å²) in [5.74, 6) is 0. The Hall–Kier alpha value is -1.22. The predicted octanol–water partition coefficient (Wildman–Crippen LogP) is 1.45. The van der Waals surface area contributed by atoms with Crippen molar-refractivity contribution < 1.29 is 5.11 Å². The second kappa shape index (κ2) is 4.72. The molecule has 0 radical (unpaired) electrons. The third-order valence-corrected chi connectivity index (χ3v) is 1.80. The maximum Gasteiger partial charge on any atom is 0.0528 e. The number of nitrogens with two attached hydrogens (primary N) is 1. The van der Waals surface area contributed by atoms with Gasteiger partial charge in [-0.05, 0) is 37.6 Å². The first-order valence-electron chi connectivity index (χ1n) is 4.46. The molecule has 72 valence electrons. The SMILES string of the molecule is CC(O)CCNc1ccc(N)cc1. The molecule has 0 aromatic heterocycles. The molecule has 4 N–H and O–H groups in total. The van der Waals surface area contributed by atoms with E-state index in [0.717, 1.165) is 24.3 Å². The highest BCUT2D eigenvalue weighted by molar-refractivity contribution is 5.51. The topological polar surface area (TPSA) is 58.3 Å². The monoisotopic (exact) mass is 180 g/mol. The van der Waals surface area contributed by atoms with Gasteiger partial charge < -0.3 is 16.2 Å². The lowest BCUT2D eigenvalue weighted by molar-refractivity contribution is 0.189. The average Bonchev–Trinajstić information content (AvgIpc) is 2.08. The molecule has 3 heteroatoms. The summed E-state index contributed by atoms with van der Waals surface area (Å²) in [6, 6.07) is 7.56. The zero-order valence-corrected chi connectivity index (χ0v) is 7.83. The fourth-order valence-corrected chi connectivity index (χ4v) is 1.03. The molecule has 1 rings (SSSR count). The number of nitrogen functional groups attached to an aromatic ring is 1. The van der Waals surface area contributed by atoms with Gasteiger partial charge in [0.15, 0.2) is 0 Å². The van der Waals surface area contributed by atoms with Gasteiger partial charge >= 0.3 is 0 Å². The Morgan fingerprint density at radius 2 is 2.00 bits per heavy atom. The van der Waals surface area contributed by atoms with Gasteiger partial charge in [-0.2, -0.15) is 0 Å². The molecule has 0 heterocycles. The molecule has 0 bridgehead atoms. The van der Waals surface area contributed by atoms with E-state index in [2.05, 4.69) is 5.32 Å². The van der Waals surface area contributed by atoms with Gasteiger partial charge in [-0.25, -0.2) is 0 Å². The third kappa shape index (κ3) is 3.80. The largest absolute Gasteiger partial charge is 0.399 e. The Bertz CT molecular complexity index is 244. The fraction of sp³-hybridized carbons (Fsp3) is 0.400. The number of anilines is 2. The summed E-state index contributed by atoms with van der Waals surface area (Å²) in [5.41, 5.74) is 7.34. The Labute approximate surface area is 78.6 Å². The number of benzene rings is 1. The maximum absolute atomic E-state index is 9.01. The van der Waals surface area contributed by atoms with Gasteiger partial charge in [0.05, 0.1) is 6.10 Å². The number of aliphatic hydroxyl groups excluding tert-OH is 1. The van der Waals surface area contributed by atoms with Crippen molar-refractivity contribution in [1.29, 1.82) is 0 Å². The Balaban J connectivity index is 2.33. The molecule has 13 heavy (non-hydrogen) atoms. The van der Waals surface area contributed by atoms with E-state index in [9.17, 15) is 0 Å². The minimum absolute atomic E-state index is 0.249. The van der Waals surface area contributed by atoms with Crippen LogP contribution in [-0.4, -0.2) is 17.8 Å². The van der Waals surface area contributed by atoms with E-state index in [4.69, 9.17) is 10.8 Å². The molecule has 0 aliphatic rings. The summed E-state index contributed by atoms with van der Waals surface area (Å²) >= 11 is 0. The van der Waals surface area contributed by atoms with Crippen LogP contribution in [0, 0.1) is 0 Å². The van der Waals surface area contributed by atoms with Gasteiger partial charge in [0.2, 0.25) is 0 Å². The number of hydrogen-bond donors (Lipinski definition) is 3. The Kier molecular flexibility index (Phi) is 3.58. The van der Waals surface area contributed by atoms with E-state index in [-0.39, 0.29) is 6.10 Å². The minimum Gasteiger partial charge on any atom is -0.399 e. The van der Waals surface area contributed by atoms with Crippen molar-refractivity contribution in [2.24, 2.45) is 0 Å². The fourth-order valence-electron chi connectivity index (χ4n) is 1.03. The van der Waals surface area contributed by atoms with Gasteiger partial charge in [-0.3, -0.25) is 0 Å². The van der Waals surface area contributed by atoms with Crippen LogP contribution in [0.1, 0.15) is 13.3 Å². The zero-order valence-electron chi connectivity index (χ0n) is 7.83. The normalized spacial score (nSPS) is 12.5. The van der Waals surface area contributed by atoms with E-state index in [1.807, 2.05) is 24.3 Å². The third-order valence-electron chi connectivity index (χ3n) is 1.80. The Morgan fingerprint density at radius 3 is 2.54 bits per heavy atom. The highest BCUT2D eigenvalue weighted by Crippen LogP contribution is 2.10. The maximum atomic E-state index is 9.01. The first kappa shape index (κ1) is 9.86. The molecular formula is C10H16N2O. The average molecular weight is 180 g/mol. The lowest BCUT2D eigenvalue weighted by Gasteiger charge is -2.07. The summed E-state index contributed by atoms with van der Waals surface area (Å²) in [6.07, 6.45) is 0.506. The second-order valence-corrected chi connectivity index (χ2v) is 3.19. The molecule has 1 unspecified atom stereocenters. The Morgan fingerprint density at radius 1 is 1.38 bits per heavy atom. The summed E-state index contributed by atoms with van der Waals surface area (Å²) in [7, 11) is 0. The van der Waals surface area contributed by atoms with Crippen molar-refractivity contribution in [3.8, 4) is 0 Å². The lowest BCUT2D eigenvalue weighted by Crippen LogP contribution is -2.09. The van der Waals surface area contributed by atoms with Crippen LogP contribution in [0.5, 0.6) is 0 Å². The van der Waals surface area contributed by atoms with Crippen molar-refractivity contribution in [1.82, 2.24) is 0 Å². The quantitative estimate of drug-likeness (QED) is 0.615. The van der Waals surface area contributed by atoms with Crippen LogP contribution in [0.2, 0.25) is 0 Å². The van der Waals surface area contributed by atoms with Crippen molar-refractivity contribution in [2.75, 3.05) is 17.6 Å². The van der Waals surface area contributed by atoms with Crippen LogP contribution in [0.4, 0.5) is 11.4 Å². The van der Waals surface area contributed by atoms with Crippen molar-refractivity contribution in [3.05, 3.63) is 24.3 Å². The van der Waals surface area contributed by atoms with E-state index >= 15 is 0 Å². The summed E-state index contributed by atoms with van der Waals surface area (Å²) < 4.78 is 0. The number of hydrogen-bond acceptors (Lipinski definition) is 3. The van der Waals surface area contributed by atoms with Crippen LogP contribution in [0.25, 0.3) is 0 Å². The highest BCUT2D eigenvalue weighted by atomic mass is 16.3. The zero-order chi connectivity index (χ0) is 9.68. The molecule has 0 saturated carbocycles. The highest BCUT2D eigenvalue weighted by Gasteiger charge is 1.95. The summed E-state index contributed by atoms with van der Waals surface area (Å²) in [4.78, 5) is 0. The van der Waals surface area contributed by atoms with Gasteiger partial charge in [-0.15, -0.1) is 0 Å². The first-order valence-corrected chi connectivity index (χ1v) is 4.46. The van der Waals surface area contributed by atoms with Crippen molar-refractivity contribution >= 4 is 11.4 Å². The molecular weight excluding hydrogens is 164 g/mol. The standard InChI is InChI=1S/C10H16N2O/c1-8(13)6-7-12-10-4-2-9(11)3-5-10/h2-5,8,12-13H,6-7,11H2,1H3. The summed E-state index contributed by atoms with van der Waals surface area (Å²) in [6.45, 7) is 2.56. The van der Waals surface area contributed by atoms with Gasteiger partial charge in [0.1, 0.15) is 0 Å². The number of aliphatic hydroxyl groups is 1. The van der Waals surface area contributed by atoms with E-state index in [1.54, 1.807) is 6.92 Å². The molecule has 0 spiro atoms. The molecule has 3 nitrogen and oxygen atoms in total. The first-order chi connectivity index (χ1) is 6.18. The minimum atomic E-state index is -0.249. The van der Waals surface area contributed by atoms with E-state index in [0.29, 0.717) is 0 Å². The number of nitrogens with one attached hydrogen (secondary N) is 1. The molecule has 1 aromatic rings.